The molecule has 114 valence electrons. The molecule has 0 aliphatic carbocycles. The maximum absolute atomic E-state index is 3.14. The topological polar surface area (TPSA) is 25.0 Å². The molecular weight excluding hydrogens is 238 g/mol. The van der Waals surface area contributed by atoms with Gasteiger partial charge in [-0.15, -0.1) is 0 Å². The SMILES string of the molecule is CNN(C)CCCN1CCN(CCCN(C)C)CC1. The second kappa shape index (κ2) is 9.66. The molecule has 0 spiro atoms. The van der Waals surface area contributed by atoms with Crippen molar-refractivity contribution in [3.8, 4) is 0 Å². The van der Waals surface area contributed by atoms with Gasteiger partial charge in [0.25, 0.3) is 0 Å². The van der Waals surface area contributed by atoms with Crippen LogP contribution in [0.5, 0.6) is 0 Å². The van der Waals surface area contributed by atoms with Gasteiger partial charge in [-0.05, 0) is 53.6 Å². The number of nitrogens with zero attached hydrogens (tertiary/aromatic N) is 4. The summed E-state index contributed by atoms with van der Waals surface area (Å²) >= 11 is 0. The van der Waals surface area contributed by atoms with Crippen molar-refractivity contribution < 1.29 is 0 Å². The van der Waals surface area contributed by atoms with E-state index < -0.39 is 0 Å². The van der Waals surface area contributed by atoms with Crippen molar-refractivity contribution in [1.29, 1.82) is 0 Å². The van der Waals surface area contributed by atoms with Crippen LogP contribution in [0.3, 0.4) is 0 Å². The molecule has 0 aromatic carbocycles. The van der Waals surface area contributed by atoms with Crippen molar-refractivity contribution >= 4 is 0 Å². The normalized spacial score (nSPS) is 18.6. The van der Waals surface area contributed by atoms with E-state index in [4.69, 9.17) is 0 Å². The smallest absolute Gasteiger partial charge is 0.0139 e. The highest BCUT2D eigenvalue weighted by Gasteiger charge is 2.15. The first-order chi connectivity index (χ1) is 9.11. The van der Waals surface area contributed by atoms with Crippen molar-refractivity contribution in [2.24, 2.45) is 0 Å². The molecule has 0 saturated carbocycles. The first-order valence-corrected chi connectivity index (χ1v) is 7.60. The van der Waals surface area contributed by atoms with Crippen LogP contribution in [-0.4, -0.2) is 100 Å². The first-order valence-electron chi connectivity index (χ1n) is 7.60. The third kappa shape index (κ3) is 7.84. The highest BCUT2D eigenvalue weighted by Crippen LogP contribution is 2.03. The quantitative estimate of drug-likeness (QED) is 0.596. The van der Waals surface area contributed by atoms with Gasteiger partial charge in [0.15, 0.2) is 0 Å². The summed E-state index contributed by atoms with van der Waals surface area (Å²) in [5, 5.41) is 2.15. The highest BCUT2D eigenvalue weighted by molar-refractivity contribution is 4.72. The van der Waals surface area contributed by atoms with Crippen molar-refractivity contribution in [1.82, 2.24) is 25.1 Å². The average Bonchev–Trinajstić information content (AvgIpc) is 2.40. The van der Waals surface area contributed by atoms with Gasteiger partial charge in [0.05, 0.1) is 0 Å². The molecule has 0 atom stereocenters. The number of rotatable bonds is 9. The zero-order valence-corrected chi connectivity index (χ0v) is 13.4. The third-order valence-electron chi connectivity index (χ3n) is 3.89. The maximum Gasteiger partial charge on any atom is 0.0139 e. The average molecular weight is 271 g/mol. The monoisotopic (exact) mass is 271 g/mol. The summed E-state index contributed by atoms with van der Waals surface area (Å²) in [7, 11) is 8.38. The van der Waals surface area contributed by atoms with Crippen LogP contribution in [0, 0.1) is 0 Å². The van der Waals surface area contributed by atoms with E-state index in [9.17, 15) is 0 Å². The molecule has 19 heavy (non-hydrogen) atoms. The van der Waals surface area contributed by atoms with Crippen molar-refractivity contribution in [3.05, 3.63) is 0 Å². The Kier molecular flexibility index (Phi) is 8.57. The van der Waals surface area contributed by atoms with Gasteiger partial charge >= 0.3 is 0 Å². The summed E-state index contributed by atoms with van der Waals surface area (Å²) in [5.41, 5.74) is 3.14. The second-order valence-electron chi connectivity index (χ2n) is 5.84. The van der Waals surface area contributed by atoms with Gasteiger partial charge in [-0.2, -0.15) is 0 Å². The summed E-state index contributed by atoms with van der Waals surface area (Å²) in [4.78, 5) is 7.49. The molecule has 0 amide bonds. The van der Waals surface area contributed by atoms with E-state index in [1.54, 1.807) is 0 Å². The Morgan fingerprint density at radius 1 is 0.842 bits per heavy atom. The van der Waals surface area contributed by atoms with E-state index >= 15 is 0 Å². The molecule has 0 unspecified atom stereocenters. The van der Waals surface area contributed by atoms with Gasteiger partial charge in [0.2, 0.25) is 0 Å². The lowest BCUT2D eigenvalue weighted by atomic mass is 10.2. The summed E-state index contributed by atoms with van der Waals surface area (Å²) in [6, 6.07) is 0. The third-order valence-corrected chi connectivity index (χ3v) is 3.89. The molecule has 1 fully saturated rings. The molecule has 5 nitrogen and oxygen atoms in total. The van der Waals surface area contributed by atoms with Crippen LogP contribution in [0.1, 0.15) is 12.8 Å². The van der Waals surface area contributed by atoms with Crippen LogP contribution < -0.4 is 5.43 Å². The number of piperazine rings is 1. The van der Waals surface area contributed by atoms with Crippen LogP contribution in [-0.2, 0) is 0 Å². The van der Waals surface area contributed by atoms with Crippen LogP contribution in [0.4, 0.5) is 0 Å². The van der Waals surface area contributed by atoms with Crippen LogP contribution >= 0.6 is 0 Å². The minimum atomic E-state index is 1.12. The van der Waals surface area contributed by atoms with E-state index in [0.29, 0.717) is 0 Å². The second-order valence-corrected chi connectivity index (χ2v) is 5.84. The van der Waals surface area contributed by atoms with Gasteiger partial charge in [-0.25, -0.2) is 5.01 Å². The van der Waals surface area contributed by atoms with Crippen LogP contribution in [0.2, 0.25) is 0 Å². The Balaban J connectivity index is 2.02. The van der Waals surface area contributed by atoms with Gasteiger partial charge in [0.1, 0.15) is 0 Å². The van der Waals surface area contributed by atoms with E-state index in [2.05, 4.69) is 46.3 Å². The number of hydrogen-bond donors (Lipinski definition) is 1. The van der Waals surface area contributed by atoms with Gasteiger partial charge in [-0.3, -0.25) is 5.43 Å². The lowest BCUT2D eigenvalue weighted by Gasteiger charge is -2.35. The zero-order chi connectivity index (χ0) is 14.1. The number of hydrogen-bond acceptors (Lipinski definition) is 5. The van der Waals surface area contributed by atoms with E-state index in [-0.39, 0.29) is 0 Å². The summed E-state index contributed by atoms with van der Waals surface area (Å²) < 4.78 is 0. The minimum absolute atomic E-state index is 1.12. The Labute approximate surface area is 119 Å². The molecule has 1 rings (SSSR count). The molecule has 1 aliphatic rings. The highest BCUT2D eigenvalue weighted by atomic mass is 15.5. The van der Waals surface area contributed by atoms with Crippen molar-refractivity contribution in [2.75, 3.05) is 80.5 Å². The predicted octanol–water partition coefficient (Wildman–Crippen LogP) is 0.0120. The molecule has 0 aromatic heterocycles. The standard InChI is InChI=1S/C14H33N5/c1-15-17(4)8-6-10-19-13-11-18(12-14-19)9-5-7-16(2)3/h15H,5-14H2,1-4H3. The molecule has 1 aliphatic heterocycles. The molecule has 1 saturated heterocycles. The van der Waals surface area contributed by atoms with E-state index in [1.807, 2.05) is 7.05 Å². The zero-order valence-electron chi connectivity index (χ0n) is 13.4. The lowest BCUT2D eigenvalue weighted by molar-refractivity contribution is 0.123. The van der Waals surface area contributed by atoms with Crippen molar-refractivity contribution in [3.63, 3.8) is 0 Å². The fraction of sp³-hybridized carbons (Fsp3) is 1.00. The molecule has 0 bridgehead atoms. The Morgan fingerprint density at radius 2 is 1.32 bits per heavy atom. The lowest BCUT2D eigenvalue weighted by Crippen LogP contribution is -2.47. The molecule has 0 radical (unpaired) electrons. The summed E-state index contributed by atoms with van der Waals surface area (Å²) in [6.07, 6.45) is 2.54. The van der Waals surface area contributed by atoms with Gasteiger partial charge < -0.3 is 14.7 Å². The largest absolute Gasteiger partial charge is 0.309 e. The predicted molar refractivity (Wildman–Crippen MR) is 82.4 cm³/mol. The molecule has 0 aromatic rings. The van der Waals surface area contributed by atoms with Crippen LogP contribution in [0.15, 0.2) is 0 Å². The van der Waals surface area contributed by atoms with Crippen molar-refractivity contribution in [2.45, 2.75) is 12.8 Å². The Morgan fingerprint density at radius 3 is 1.74 bits per heavy atom. The maximum atomic E-state index is 3.14. The molecule has 1 N–H and O–H groups in total. The molecular formula is C14H33N5. The fourth-order valence-electron chi connectivity index (χ4n) is 2.49. The van der Waals surface area contributed by atoms with E-state index in [1.165, 1.54) is 58.7 Å². The molecule has 5 heteroatoms. The van der Waals surface area contributed by atoms with Gasteiger partial charge in [0, 0.05) is 39.8 Å². The number of nitrogens with one attached hydrogen (secondary N) is 1. The number of hydrazine groups is 1. The summed E-state index contributed by atoms with van der Waals surface area (Å²) in [5.74, 6) is 0. The first kappa shape index (κ1) is 16.9. The van der Waals surface area contributed by atoms with Gasteiger partial charge in [-0.1, -0.05) is 0 Å². The fourth-order valence-corrected chi connectivity index (χ4v) is 2.49. The Bertz CT molecular complexity index is 214. The van der Waals surface area contributed by atoms with Crippen LogP contribution in [0.25, 0.3) is 0 Å². The molecule has 1 heterocycles. The minimum Gasteiger partial charge on any atom is -0.309 e. The Hall–Kier alpha value is -0.200. The van der Waals surface area contributed by atoms with E-state index in [0.717, 1.165) is 6.54 Å². The summed E-state index contributed by atoms with van der Waals surface area (Å²) in [6.45, 7) is 9.79.